The molecule has 0 N–H and O–H groups in total. The number of hydrogen-bond donors (Lipinski definition) is 0. The number of likely N-dealkylation sites (tertiary alicyclic amines) is 1. The van der Waals surface area contributed by atoms with Crippen LogP contribution in [-0.2, 0) is 19.1 Å². The van der Waals surface area contributed by atoms with Crippen LogP contribution in [0.15, 0.2) is 0 Å². The molecule has 134 valence electrons. The van der Waals surface area contributed by atoms with Gasteiger partial charge in [0, 0.05) is 18.7 Å². The lowest BCUT2D eigenvalue weighted by molar-refractivity contribution is -0.138. The normalized spacial score (nSPS) is 21.0. The summed E-state index contributed by atoms with van der Waals surface area (Å²) < 4.78 is 4.55. The highest BCUT2D eigenvalue weighted by atomic mass is 32.2. The first-order valence-electron chi connectivity index (χ1n) is 7.94. The number of carbonyl (C=O) groups excluding carboxylic acids is 3. The number of thioether (sulfide) groups is 1. The second-order valence-electron chi connectivity index (χ2n) is 6.14. The van der Waals surface area contributed by atoms with E-state index in [0.29, 0.717) is 19.4 Å². The minimum Gasteiger partial charge on any atom is -0.462 e. The van der Waals surface area contributed by atoms with Crippen LogP contribution in [0.4, 0.5) is 0 Å². The van der Waals surface area contributed by atoms with Crippen molar-refractivity contribution in [1.29, 1.82) is 0 Å². The van der Waals surface area contributed by atoms with Gasteiger partial charge in [-0.25, -0.2) is 0 Å². The molecule has 2 aliphatic heterocycles. The molecular formula is C16H30N2O4S. The van der Waals surface area contributed by atoms with E-state index >= 15 is 0 Å². The zero-order valence-electron chi connectivity index (χ0n) is 15.1. The van der Waals surface area contributed by atoms with Crippen molar-refractivity contribution in [3.63, 3.8) is 0 Å². The number of ether oxygens (including phenoxy) is 1. The Bertz CT molecular complexity index is 390. The van der Waals surface area contributed by atoms with Crippen molar-refractivity contribution in [2.75, 3.05) is 31.8 Å². The van der Waals surface area contributed by atoms with Gasteiger partial charge in [-0.2, -0.15) is 0 Å². The van der Waals surface area contributed by atoms with Gasteiger partial charge in [-0.05, 0) is 27.8 Å². The van der Waals surface area contributed by atoms with Crippen LogP contribution in [0.25, 0.3) is 0 Å². The Morgan fingerprint density at radius 1 is 1.35 bits per heavy atom. The molecule has 7 heteroatoms. The summed E-state index contributed by atoms with van der Waals surface area (Å²) in [7, 11) is 1.84. The Morgan fingerprint density at radius 3 is 2.26 bits per heavy atom. The Balaban J connectivity index is 0.000000460. The van der Waals surface area contributed by atoms with Crippen molar-refractivity contribution in [1.82, 2.24) is 9.80 Å². The fourth-order valence-electron chi connectivity index (χ4n) is 2.04. The van der Waals surface area contributed by atoms with Crippen LogP contribution in [0.3, 0.4) is 0 Å². The van der Waals surface area contributed by atoms with Gasteiger partial charge in [0.05, 0.1) is 18.5 Å². The maximum atomic E-state index is 11.9. The van der Waals surface area contributed by atoms with Gasteiger partial charge >= 0.3 is 0 Å². The fraction of sp³-hybridized carbons (Fsp3) is 0.812. The zero-order chi connectivity index (χ0) is 18.0. The van der Waals surface area contributed by atoms with E-state index in [1.165, 1.54) is 0 Å². The van der Waals surface area contributed by atoms with E-state index < -0.39 is 0 Å². The molecule has 1 amide bonds. The first kappa shape index (κ1) is 21.9. The lowest BCUT2D eigenvalue weighted by Crippen LogP contribution is -2.42. The smallest absolute Gasteiger partial charge is 0.293 e. The Hall–Kier alpha value is -1.08. The molecule has 0 saturated carbocycles. The molecule has 0 radical (unpaired) electrons. The van der Waals surface area contributed by atoms with Gasteiger partial charge in [-0.1, -0.05) is 13.8 Å². The van der Waals surface area contributed by atoms with Crippen molar-refractivity contribution in [2.24, 2.45) is 0 Å². The molecule has 0 bridgehead atoms. The van der Waals surface area contributed by atoms with Crippen LogP contribution in [-0.4, -0.2) is 71.4 Å². The topological polar surface area (TPSA) is 66.9 Å². The predicted molar refractivity (Wildman–Crippen MR) is 93.3 cm³/mol. The second-order valence-corrected chi connectivity index (χ2v) is 7.21. The Labute approximate surface area is 143 Å². The number of Topliss-reactive ketones (excluding diaryl/α,β-unsaturated/α-hetero) is 1. The predicted octanol–water partition coefficient (Wildman–Crippen LogP) is 1.78. The quantitative estimate of drug-likeness (QED) is 0.710. The number of likely N-dealkylation sites (N-methyl/N-ethyl adjacent to an activating group) is 1. The molecule has 2 rings (SSSR count). The highest BCUT2D eigenvalue weighted by molar-refractivity contribution is 7.99. The van der Waals surface area contributed by atoms with Crippen LogP contribution in [0.1, 0.15) is 41.0 Å². The standard InChI is InChI=1S/C9H14N2O2S.C5H10O2.C2H6/c1-10-5-7(12)4-8(10)9(13)11-2-3-14-6-11;1-5(2,3)7-4-6;1-2/h8H,2-6H2,1H3;4H,1-3H3;1-2H3. The van der Waals surface area contributed by atoms with Crippen molar-refractivity contribution in [3.05, 3.63) is 0 Å². The summed E-state index contributed by atoms with van der Waals surface area (Å²) in [5.41, 5.74) is -0.318. The molecule has 0 aliphatic carbocycles. The van der Waals surface area contributed by atoms with Gasteiger partial charge in [-0.15, -0.1) is 11.8 Å². The number of nitrogens with zero attached hydrogens (tertiary/aromatic N) is 2. The number of rotatable bonds is 2. The van der Waals surface area contributed by atoms with Crippen LogP contribution < -0.4 is 0 Å². The van der Waals surface area contributed by atoms with Crippen LogP contribution in [0.2, 0.25) is 0 Å². The second kappa shape index (κ2) is 10.6. The molecule has 2 aliphatic rings. The van der Waals surface area contributed by atoms with E-state index in [1.54, 1.807) is 11.8 Å². The highest BCUT2D eigenvalue weighted by Crippen LogP contribution is 2.19. The molecule has 2 fully saturated rings. The van der Waals surface area contributed by atoms with Gasteiger partial charge in [-0.3, -0.25) is 19.3 Å². The maximum Gasteiger partial charge on any atom is 0.293 e. The van der Waals surface area contributed by atoms with Crippen LogP contribution >= 0.6 is 11.8 Å². The third kappa shape index (κ3) is 8.37. The van der Waals surface area contributed by atoms with Crippen molar-refractivity contribution in [2.45, 2.75) is 52.7 Å². The SMILES string of the molecule is CC.CC(C)(C)OC=O.CN1CC(=O)CC1C(=O)N1CCSC1. The summed E-state index contributed by atoms with van der Waals surface area (Å²) in [6.07, 6.45) is 0.399. The van der Waals surface area contributed by atoms with Crippen molar-refractivity contribution in [3.8, 4) is 0 Å². The third-order valence-electron chi connectivity index (χ3n) is 3.13. The third-order valence-corrected chi connectivity index (χ3v) is 4.10. The monoisotopic (exact) mass is 346 g/mol. The van der Waals surface area contributed by atoms with E-state index in [0.717, 1.165) is 18.2 Å². The first-order chi connectivity index (χ1) is 10.7. The molecule has 0 aromatic heterocycles. The molecule has 1 unspecified atom stereocenters. The average Bonchev–Trinajstić information content (AvgIpc) is 3.09. The molecule has 2 heterocycles. The molecule has 0 spiro atoms. The summed E-state index contributed by atoms with van der Waals surface area (Å²) in [6.45, 7) is 11.2. The van der Waals surface area contributed by atoms with E-state index in [9.17, 15) is 14.4 Å². The van der Waals surface area contributed by atoms with Crippen molar-refractivity contribution >= 4 is 29.9 Å². The molecule has 0 aromatic carbocycles. The first-order valence-corrected chi connectivity index (χ1v) is 9.10. The van der Waals surface area contributed by atoms with Gasteiger partial charge in [0.25, 0.3) is 6.47 Å². The van der Waals surface area contributed by atoms with E-state index in [1.807, 2.05) is 51.5 Å². The van der Waals surface area contributed by atoms with Crippen molar-refractivity contribution < 1.29 is 19.1 Å². The molecule has 23 heavy (non-hydrogen) atoms. The summed E-state index contributed by atoms with van der Waals surface area (Å²) >= 11 is 1.77. The minimum absolute atomic E-state index is 0.128. The molecular weight excluding hydrogens is 316 g/mol. The van der Waals surface area contributed by atoms with Gasteiger partial charge in [0.1, 0.15) is 11.4 Å². The Morgan fingerprint density at radius 2 is 1.96 bits per heavy atom. The van der Waals surface area contributed by atoms with Crippen LogP contribution in [0.5, 0.6) is 0 Å². The van der Waals surface area contributed by atoms with Gasteiger partial charge in [0.15, 0.2) is 0 Å². The summed E-state index contributed by atoms with van der Waals surface area (Å²) in [4.78, 5) is 36.4. The Kier molecular flexibility index (Phi) is 10.1. The van der Waals surface area contributed by atoms with E-state index in [4.69, 9.17) is 0 Å². The number of amides is 1. The maximum absolute atomic E-state index is 11.9. The lowest BCUT2D eigenvalue weighted by atomic mass is 10.2. The van der Waals surface area contributed by atoms with Gasteiger partial charge in [0.2, 0.25) is 5.91 Å². The van der Waals surface area contributed by atoms with E-state index in [-0.39, 0.29) is 23.3 Å². The molecule has 2 saturated heterocycles. The molecule has 1 atom stereocenters. The number of hydrogen-bond acceptors (Lipinski definition) is 6. The van der Waals surface area contributed by atoms with E-state index in [2.05, 4.69) is 4.74 Å². The fourth-order valence-corrected chi connectivity index (χ4v) is 3.00. The highest BCUT2D eigenvalue weighted by Gasteiger charge is 2.36. The lowest BCUT2D eigenvalue weighted by Gasteiger charge is -2.23. The summed E-state index contributed by atoms with van der Waals surface area (Å²) in [5, 5.41) is 0. The number of carbonyl (C=O) groups is 3. The number of ketones is 1. The average molecular weight is 346 g/mol. The minimum atomic E-state index is -0.318. The molecule has 6 nitrogen and oxygen atoms in total. The zero-order valence-corrected chi connectivity index (χ0v) is 15.9. The van der Waals surface area contributed by atoms with Crippen LogP contribution in [0, 0.1) is 0 Å². The van der Waals surface area contributed by atoms with Gasteiger partial charge < -0.3 is 9.64 Å². The summed E-state index contributed by atoms with van der Waals surface area (Å²) in [5.74, 6) is 2.12. The largest absolute Gasteiger partial charge is 0.462 e. The summed E-state index contributed by atoms with van der Waals surface area (Å²) in [6, 6.07) is -0.193. The molecule has 0 aromatic rings.